The van der Waals surface area contributed by atoms with Crippen molar-refractivity contribution in [2.24, 2.45) is 0 Å². The Morgan fingerprint density at radius 2 is 0.448 bits per heavy atom. The molecule has 0 aromatic carbocycles. The average molecular weight is 381 g/mol. The summed E-state index contributed by atoms with van der Waals surface area (Å²) >= 11 is 0. The molecular weight excluding hydrogens is 348 g/mol. The normalized spacial score (nSPS) is 14.8. The molecule has 0 unspecified atom stereocenters. The molecule has 148 valence electrons. The van der Waals surface area contributed by atoms with Gasteiger partial charge in [-0.3, -0.25) is 0 Å². The lowest BCUT2D eigenvalue weighted by Gasteiger charge is -1.76. The summed E-state index contributed by atoms with van der Waals surface area (Å²) in [6, 6.07) is 0. The van der Waals surface area contributed by atoms with E-state index in [9.17, 15) is 0 Å². The van der Waals surface area contributed by atoms with Crippen LogP contribution in [0.25, 0.3) is 0 Å². The van der Waals surface area contributed by atoms with Gasteiger partial charge in [-0.15, -0.1) is 0 Å². The van der Waals surface area contributed by atoms with E-state index in [1.54, 1.807) is 6.08 Å². The summed E-state index contributed by atoms with van der Waals surface area (Å²) < 4.78 is 0. The van der Waals surface area contributed by atoms with Crippen molar-refractivity contribution < 1.29 is 0 Å². The molecule has 0 amide bonds. The summed E-state index contributed by atoms with van der Waals surface area (Å²) in [5, 5.41) is 0. The second-order valence-electron chi connectivity index (χ2n) is 5.38. The van der Waals surface area contributed by atoms with E-state index in [0.29, 0.717) is 0 Å². The zero-order valence-electron chi connectivity index (χ0n) is 17.3. The summed E-state index contributed by atoms with van der Waals surface area (Å²) in [5.41, 5.74) is 0. The van der Waals surface area contributed by atoms with E-state index < -0.39 is 0 Å². The monoisotopic (exact) mass is 380 g/mol. The van der Waals surface area contributed by atoms with Gasteiger partial charge in [0.15, 0.2) is 0 Å². The van der Waals surface area contributed by atoms with Crippen molar-refractivity contribution in [2.75, 3.05) is 0 Å². The first-order valence-corrected chi connectivity index (χ1v) is 9.65. The Morgan fingerprint density at radius 1 is 0.276 bits per heavy atom. The fraction of sp³-hybridized carbons (Fsp3) is 0.0345. The lowest BCUT2D eigenvalue weighted by atomic mass is 10.3. The van der Waals surface area contributed by atoms with Gasteiger partial charge >= 0.3 is 0 Å². The Kier molecular flexibility index (Phi) is 21.3. The van der Waals surface area contributed by atoms with E-state index in [4.69, 9.17) is 0 Å². The van der Waals surface area contributed by atoms with Crippen molar-refractivity contribution in [2.45, 2.75) is 6.92 Å². The summed E-state index contributed by atoms with van der Waals surface area (Å²) in [6.45, 7) is 5.61. The van der Waals surface area contributed by atoms with Crippen LogP contribution < -0.4 is 0 Å². The smallest absolute Gasteiger partial charge is 0.0467 e. The minimum atomic E-state index is 1.75. The molecule has 0 saturated carbocycles. The quantitative estimate of drug-likeness (QED) is 0.281. The fourth-order valence-corrected chi connectivity index (χ4v) is 1.67. The van der Waals surface area contributed by atoms with Crippen LogP contribution >= 0.6 is 0 Å². The van der Waals surface area contributed by atoms with E-state index in [1.807, 2.05) is 165 Å². The van der Waals surface area contributed by atoms with Crippen molar-refractivity contribution in [3.8, 4) is 0 Å². The molecular formula is C29H32. The maximum absolute atomic E-state index is 3.61. The zero-order valence-corrected chi connectivity index (χ0v) is 17.3. The molecule has 0 rings (SSSR count). The molecule has 0 nitrogen and oxygen atoms in total. The molecule has 0 aliphatic rings. The number of hydrogen-bond acceptors (Lipinski definition) is 0. The predicted molar refractivity (Wildman–Crippen MR) is 135 cm³/mol. The van der Waals surface area contributed by atoms with Gasteiger partial charge in [-0.25, -0.2) is 0 Å². The summed E-state index contributed by atoms with van der Waals surface area (Å²) in [6.07, 6.45) is 53.4. The third-order valence-electron chi connectivity index (χ3n) is 3.00. The van der Waals surface area contributed by atoms with Crippen LogP contribution in [-0.4, -0.2) is 0 Å². The van der Waals surface area contributed by atoms with Crippen LogP contribution in [0.1, 0.15) is 6.92 Å². The highest BCUT2D eigenvalue weighted by molar-refractivity contribution is 5.23. The van der Waals surface area contributed by atoms with Crippen LogP contribution in [-0.2, 0) is 0 Å². The number of rotatable bonds is 13. The largest absolute Gasteiger partial charge is 0.0991 e. The molecule has 0 aliphatic carbocycles. The molecule has 0 N–H and O–H groups in total. The topological polar surface area (TPSA) is 0 Å². The molecule has 0 spiro atoms. The molecule has 0 aromatic heterocycles. The van der Waals surface area contributed by atoms with E-state index in [-0.39, 0.29) is 0 Å². The fourth-order valence-electron chi connectivity index (χ4n) is 1.67. The predicted octanol–water partition coefficient (Wildman–Crippen LogP) is 8.42. The third kappa shape index (κ3) is 24.4. The first kappa shape index (κ1) is 25.4. The van der Waals surface area contributed by atoms with Gasteiger partial charge < -0.3 is 0 Å². The van der Waals surface area contributed by atoms with Crippen molar-refractivity contribution in [1.82, 2.24) is 0 Å². The molecule has 0 radical (unpaired) electrons. The summed E-state index contributed by atoms with van der Waals surface area (Å²) in [4.78, 5) is 0. The van der Waals surface area contributed by atoms with Gasteiger partial charge in [-0.1, -0.05) is 171 Å². The SMILES string of the molecule is C=CC=CC=CC=CC=CC=CC=CC=CC=CC=CC=CC=CC=CC=CC. The highest BCUT2D eigenvalue weighted by Crippen LogP contribution is 1.88. The first-order chi connectivity index (χ1) is 14.4. The van der Waals surface area contributed by atoms with Crippen molar-refractivity contribution in [3.63, 3.8) is 0 Å². The van der Waals surface area contributed by atoms with Crippen LogP contribution in [0.4, 0.5) is 0 Å². The van der Waals surface area contributed by atoms with Crippen LogP contribution in [0, 0.1) is 0 Å². The second-order valence-corrected chi connectivity index (χ2v) is 5.38. The van der Waals surface area contributed by atoms with Gasteiger partial charge in [0.2, 0.25) is 0 Å². The van der Waals surface area contributed by atoms with E-state index in [1.165, 1.54) is 0 Å². The summed E-state index contributed by atoms with van der Waals surface area (Å²) in [5.74, 6) is 0. The molecule has 29 heavy (non-hydrogen) atoms. The van der Waals surface area contributed by atoms with Gasteiger partial charge in [0, 0.05) is 0 Å². The highest BCUT2D eigenvalue weighted by atomic mass is 13.7. The molecule has 0 atom stereocenters. The second kappa shape index (κ2) is 24.4. The van der Waals surface area contributed by atoms with Gasteiger partial charge in [-0.05, 0) is 6.92 Å². The number of allylic oxidation sites excluding steroid dienone is 27. The zero-order chi connectivity index (χ0) is 21.1. The van der Waals surface area contributed by atoms with Crippen LogP contribution in [0.15, 0.2) is 171 Å². The van der Waals surface area contributed by atoms with Crippen molar-refractivity contribution in [3.05, 3.63) is 171 Å². The maximum atomic E-state index is 3.61. The van der Waals surface area contributed by atoms with E-state index in [2.05, 4.69) is 6.58 Å². The molecule has 0 fully saturated rings. The van der Waals surface area contributed by atoms with Gasteiger partial charge in [0.05, 0.1) is 0 Å². The maximum Gasteiger partial charge on any atom is -0.0467 e. The average Bonchev–Trinajstić information content (AvgIpc) is 2.74. The van der Waals surface area contributed by atoms with Crippen molar-refractivity contribution >= 4 is 0 Å². The Bertz CT molecular complexity index is 774. The van der Waals surface area contributed by atoms with Crippen LogP contribution in [0.5, 0.6) is 0 Å². The molecule has 0 heteroatoms. The van der Waals surface area contributed by atoms with Gasteiger partial charge in [0.25, 0.3) is 0 Å². The van der Waals surface area contributed by atoms with E-state index >= 15 is 0 Å². The lowest BCUT2D eigenvalue weighted by Crippen LogP contribution is -1.54. The molecule has 0 heterocycles. The standard InChI is InChI=1S/C29H32/c1-3-5-7-9-11-13-15-17-19-21-23-25-27-29-28-26-24-22-20-18-16-14-12-10-8-6-4-2/h3-29H,1H2,2H3. The van der Waals surface area contributed by atoms with E-state index in [0.717, 1.165) is 0 Å². The Hall–Kier alpha value is -3.64. The third-order valence-corrected chi connectivity index (χ3v) is 3.00. The number of hydrogen-bond donors (Lipinski definition) is 0. The molecule has 0 saturated heterocycles. The molecule has 0 bridgehead atoms. The van der Waals surface area contributed by atoms with Crippen LogP contribution in [0.2, 0.25) is 0 Å². The lowest BCUT2D eigenvalue weighted by molar-refractivity contribution is 1.73. The minimum Gasteiger partial charge on any atom is -0.0991 e. The Balaban J connectivity index is 3.96. The van der Waals surface area contributed by atoms with Gasteiger partial charge in [0.1, 0.15) is 0 Å². The first-order valence-electron chi connectivity index (χ1n) is 9.65. The molecule has 0 aromatic rings. The van der Waals surface area contributed by atoms with Crippen molar-refractivity contribution in [1.29, 1.82) is 0 Å². The highest BCUT2D eigenvalue weighted by Gasteiger charge is 1.66. The summed E-state index contributed by atoms with van der Waals surface area (Å²) in [7, 11) is 0. The van der Waals surface area contributed by atoms with Gasteiger partial charge in [-0.2, -0.15) is 0 Å². The Labute approximate surface area is 177 Å². The molecule has 0 aliphatic heterocycles. The van der Waals surface area contributed by atoms with Crippen LogP contribution in [0.3, 0.4) is 0 Å². The Morgan fingerprint density at radius 3 is 0.621 bits per heavy atom. The minimum absolute atomic E-state index is 1.75.